The first-order chi connectivity index (χ1) is 7.63. The average molecular weight is 212 g/mol. The van der Waals surface area contributed by atoms with Gasteiger partial charge in [0, 0.05) is 18.3 Å². The average Bonchev–Trinajstić information content (AvgIpc) is 2.60. The molecule has 0 radical (unpaired) electrons. The molecule has 0 aliphatic heterocycles. The summed E-state index contributed by atoms with van der Waals surface area (Å²) >= 11 is 0. The van der Waals surface area contributed by atoms with E-state index in [0.29, 0.717) is 5.69 Å². The van der Waals surface area contributed by atoms with Crippen molar-refractivity contribution >= 4 is 0 Å². The molecule has 0 aliphatic carbocycles. The van der Waals surface area contributed by atoms with Crippen LogP contribution in [0, 0.1) is 18.3 Å². The van der Waals surface area contributed by atoms with Gasteiger partial charge in [-0.25, -0.2) is 0 Å². The number of aryl methyl sites for hydroxylation is 1. The topological polar surface area (TPSA) is 48.9 Å². The molecule has 0 saturated heterocycles. The van der Waals surface area contributed by atoms with Crippen LogP contribution < -0.4 is 0 Å². The SMILES string of the molecule is Cc1cc(O)ccc1-c1ccc(C#N)n1C. The van der Waals surface area contributed by atoms with Gasteiger partial charge in [0.1, 0.15) is 17.5 Å². The van der Waals surface area contributed by atoms with Gasteiger partial charge in [0.2, 0.25) is 0 Å². The number of phenolic OH excluding ortho intramolecular Hbond substituents is 1. The maximum absolute atomic E-state index is 9.35. The van der Waals surface area contributed by atoms with Crippen molar-refractivity contribution in [2.75, 3.05) is 0 Å². The highest BCUT2D eigenvalue weighted by Crippen LogP contribution is 2.27. The van der Waals surface area contributed by atoms with Crippen LogP contribution in [0.15, 0.2) is 30.3 Å². The molecule has 0 fully saturated rings. The summed E-state index contributed by atoms with van der Waals surface area (Å²) in [5, 5.41) is 18.2. The van der Waals surface area contributed by atoms with Crippen LogP contribution in [0.2, 0.25) is 0 Å². The van der Waals surface area contributed by atoms with Crippen LogP contribution in [0.5, 0.6) is 5.75 Å². The third kappa shape index (κ3) is 1.55. The first kappa shape index (κ1) is 10.3. The summed E-state index contributed by atoms with van der Waals surface area (Å²) in [5.74, 6) is 0.260. The van der Waals surface area contributed by atoms with E-state index < -0.39 is 0 Å². The summed E-state index contributed by atoms with van der Waals surface area (Å²) in [6.07, 6.45) is 0. The number of hydrogen-bond donors (Lipinski definition) is 1. The van der Waals surface area contributed by atoms with E-state index in [0.717, 1.165) is 16.8 Å². The Morgan fingerprint density at radius 3 is 2.56 bits per heavy atom. The Hall–Kier alpha value is -2.21. The Morgan fingerprint density at radius 2 is 2.00 bits per heavy atom. The van der Waals surface area contributed by atoms with Crippen LogP contribution in [0.3, 0.4) is 0 Å². The third-order valence-corrected chi connectivity index (χ3v) is 2.72. The fraction of sp³-hybridized carbons (Fsp3) is 0.154. The Balaban J connectivity index is 2.60. The fourth-order valence-corrected chi connectivity index (χ4v) is 1.83. The largest absolute Gasteiger partial charge is 0.508 e. The van der Waals surface area contributed by atoms with Crippen LogP contribution in [0.25, 0.3) is 11.3 Å². The van der Waals surface area contributed by atoms with Crippen LogP contribution >= 0.6 is 0 Å². The van der Waals surface area contributed by atoms with Crippen molar-refractivity contribution in [1.82, 2.24) is 4.57 Å². The monoisotopic (exact) mass is 212 g/mol. The molecule has 0 aliphatic rings. The highest BCUT2D eigenvalue weighted by molar-refractivity contribution is 5.66. The van der Waals surface area contributed by atoms with Gasteiger partial charge in [0.15, 0.2) is 0 Å². The van der Waals surface area contributed by atoms with E-state index in [9.17, 15) is 5.11 Å². The highest BCUT2D eigenvalue weighted by Gasteiger charge is 2.08. The van der Waals surface area contributed by atoms with Gasteiger partial charge in [0.05, 0.1) is 0 Å². The Bertz CT molecular complexity index is 576. The van der Waals surface area contributed by atoms with Crippen LogP contribution in [0.1, 0.15) is 11.3 Å². The van der Waals surface area contributed by atoms with Gasteiger partial charge in [-0.2, -0.15) is 5.26 Å². The predicted molar refractivity (Wildman–Crippen MR) is 62.0 cm³/mol. The summed E-state index contributed by atoms with van der Waals surface area (Å²) in [6, 6.07) is 11.1. The van der Waals surface area contributed by atoms with Crippen molar-refractivity contribution in [3.8, 4) is 23.1 Å². The molecule has 80 valence electrons. The van der Waals surface area contributed by atoms with Crippen LogP contribution in [0.4, 0.5) is 0 Å². The molecule has 0 amide bonds. The summed E-state index contributed by atoms with van der Waals surface area (Å²) in [7, 11) is 1.86. The first-order valence-corrected chi connectivity index (χ1v) is 4.99. The summed E-state index contributed by atoms with van der Waals surface area (Å²) < 4.78 is 1.85. The van der Waals surface area contributed by atoms with Crippen molar-refractivity contribution in [3.05, 3.63) is 41.6 Å². The lowest BCUT2D eigenvalue weighted by Gasteiger charge is -2.08. The molecule has 16 heavy (non-hydrogen) atoms. The van der Waals surface area contributed by atoms with E-state index in [1.54, 1.807) is 18.2 Å². The molecule has 0 atom stereocenters. The smallest absolute Gasteiger partial charge is 0.120 e. The summed E-state index contributed by atoms with van der Waals surface area (Å²) in [6.45, 7) is 1.94. The number of aromatic nitrogens is 1. The number of nitrogens with zero attached hydrogens (tertiary/aromatic N) is 2. The predicted octanol–water partition coefficient (Wildman–Crippen LogP) is 2.58. The molecule has 3 heteroatoms. The number of aromatic hydroxyl groups is 1. The zero-order chi connectivity index (χ0) is 11.7. The molecular formula is C13H12N2O. The highest BCUT2D eigenvalue weighted by atomic mass is 16.3. The number of benzene rings is 1. The van der Waals surface area contributed by atoms with Gasteiger partial charge in [-0.3, -0.25) is 0 Å². The van der Waals surface area contributed by atoms with Crippen LogP contribution in [-0.2, 0) is 7.05 Å². The lowest BCUT2D eigenvalue weighted by molar-refractivity contribution is 0.475. The number of hydrogen-bond acceptors (Lipinski definition) is 2. The Labute approximate surface area is 94.2 Å². The molecule has 2 aromatic rings. The molecule has 1 aromatic carbocycles. The molecule has 2 rings (SSSR count). The first-order valence-electron chi connectivity index (χ1n) is 4.99. The van der Waals surface area contributed by atoms with Gasteiger partial charge in [-0.15, -0.1) is 0 Å². The zero-order valence-corrected chi connectivity index (χ0v) is 9.23. The van der Waals surface area contributed by atoms with Crippen molar-refractivity contribution in [1.29, 1.82) is 5.26 Å². The van der Waals surface area contributed by atoms with E-state index in [2.05, 4.69) is 6.07 Å². The van der Waals surface area contributed by atoms with Gasteiger partial charge in [0.25, 0.3) is 0 Å². The molecule has 0 bridgehead atoms. The number of phenols is 1. The second kappa shape index (κ2) is 3.74. The molecule has 0 unspecified atom stereocenters. The van der Waals surface area contributed by atoms with E-state index in [-0.39, 0.29) is 5.75 Å². The van der Waals surface area contributed by atoms with Gasteiger partial charge in [-0.1, -0.05) is 0 Å². The Morgan fingerprint density at radius 1 is 1.25 bits per heavy atom. The summed E-state index contributed by atoms with van der Waals surface area (Å²) in [5.41, 5.74) is 3.63. The lowest BCUT2D eigenvalue weighted by atomic mass is 10.1. The standard InChI is InChI=1S/C13H12N2O/c1-9-7-11(16)4-5-12(9)13-6-3-10(8-14)15(13)2/h3-7,16H,1-2H3. The van der Waals surface area contributed by atoms with Crippen molar-refractivity contribution < 1.29 is 5.11 Å². The third-order valence-electron chi connectivity index (χ3n) is 2.72. The van der Waals surface area contributed by atoms with Gasteiger partial charge >= 0.3 is 0 Å². The second-order valence-electron chi connectivity index (χ2n) is 3.77. The number of nitriles is 1. The van der Waals surface area contributed by atoms with Crippen molar-refractivity contribution in [2.24, 2.45) is 7.05 Å². The molecule has 1 N–H and O–H groups in total. The molecule has 1 heterocycles. The fourth-order valence-electron chi connectivity index (χ4n) is 1.83. The minimum atomic E-state index is 0.260. The summed E-state index contributed by atoms with van der Waals surface area (Å²) in [4.78, 5) is 0. The molecular weight excluding hydrogens is 200 g/mol. The van der Waals surface area contributed by atoms with Crippen molar-refractivity contribution in [2.45, 2.75) is 6.92 Å². The molecule has 0 saturated carbocycles. The zero-order valence-electron chi connectivity index (χ0n) is 9.23. The minimum Gasteiger partial charge on any atom is -0.508 e. The molecule has 1 aromatic heterocycles. The van der Waals surface area contributed by atoms with E-state index in [1.807, 2.05) is 30.7 Å². The van der Waals surface area contributed by atoms with Gasteiger partial charge < -0.3 is 9.67 Å². The van der Waals surface area contributed by atoms with E-state index >= 15 is 0 Å². The Kier molecular flexibility index (Phi) is 2.41. The maximum Gasteiger partial charge on any atom is 0.120 e. The van der Waals surface area contributed by atoms with Crippen LogP contribution in [-0.4, -0.2) is 9.67 Å². The normalized spacial score (nSPS) is 10.1. The second-order valence-corrected chi connectivity index (χ2v) is 3.77. The molecule has 3 nitrogen and oxygen atoms in total. The lowest BCUT2D eigenvalue weighted by Crippen LogP contribution is -1.95. The van der Waals surface area contributed by atoms with E-state index in [4.69, 9.17) is 5.26 Å². The van der Waals surface area contributed by atoms with Crippen molar-refractivity contribution in [3.63, 3.8) is 0 Å². The number of rotatable bonds is 1. The quantitative estimate of drug-likeness (QED) is 0.789. The minimum absolute atomic E-state index is 0.260. The maximum atomic E-state index is 9.35. The van der Waals surface area contributed by atoms with E-state index in [1.165, 1.54) is 0 Å². The molecule has 0 spiro atoms. The van der Waals surface area contributed by atoms with Gasteiger partial charge in [-0.05, 0) is 42.8 Å².